The number of hydrogen-bond donors (Lipinski definition) is 1. The molecule has 0 saturated heterocycles. The van der Waals surface area contributed by atoms with Gasteiger partial charge < -0.3 is 19.6 Å². The molecular formula is C23H28FN3O4. The standard InChI is InChI=1S/C23H28FN3O4/c1-14-11-27(15(2)13-28)23(30)19-9-17(18-7-5-6-8-20(18)24)10-25-22(19)31-21(14)12-26(4)16(3)29/h5-10,14-15,21,28H,11-13H2,1-4H3/t14-,15+,21-/m1/s1. The van der Waals surface area contributed by atoms with Crippen LogP contribution in [-0.4, -0.2) is 70.6 Å². The molecule has 1 N–H and O–H groups in total. The molecule has 1 aromatic carbocycles. The molecule has 31 heavy (non-hydrogen) atoms. The molecule has 1 aromatic heterocycles. The van der Waals surface area contributed by atoms with Crippen LogP contribution in [0.15, 0.2) is 36.5 Å². The fourth-order valence-electron chi connectivity index (χ4n) is 3.56. The number of halogens is 1. The summed E-state index contributed by atoms with van der Waals surface area (Å²) < 4.78 is 20.4. The molecule has 3 atom stereocenters. The smallest absolute Gasteiger partial charge is 0.259 e. The molecule has 0 fully saturated rings. The van der Waals surface area contributed by atoms with Gasteiger partial charge >= 0.3 is 0 Å². The summed E-state index contributed by atoms with van der Waals surface area (Å²) in [5, 5.41) is 9.71. The summed E-state index contributed by atoms with van der Waals surface area (Å²) in [5.74, 6) is -0.849. The van der Waals surface area contributed by atoms with Crippen molar-refractivity contribution in [1.82, 2.24) is 14.8 Å². The molecule has 0 spiro atoms. The van der Waals surface area contributed by atoms with Gasteiger partial charge in [-0.3, -0.25) is 9.59 Å². The monoisotopic (exact) mass is 429 g/mol. The van der Waals surface area contributed by atoms with E-state index < -0.39 is 18.0 Å². The fourth-order valence-corrected chi connectivity index (χ4v) is 3.56. The molecule has 2 amide bonds. The number of hydrogen-bond acceptors (Lipinski definition) is 5. The highest BCUT2D eigenvalue weighted by Gasteiger charge is 2.34. The lowest BCUT2D eigenvalue weighted by atomic mass is 9.99. The van der Waals surface area contributed by atoms with Gasteiger partial charge in [-0.25, -0.2) is 9.37 Å². The fraction of sp³-hybridized carbons (Fsp3) is 0.435. The number of carbonyl (C=O) groups is 2. The second kappa shape index (κ2) is 9.43. The molecule has 3 rings (SSSR count). The Balaban J connectivity index is 2.07. The lowest BCUT2D eigenvalue weighted by Crippen LogP contribution is -2.50. The number of pyridine rings is 1. The summed E-state index contributed by atoms with van der Waals surface area (Å²) >= 11 is 0. The molecule has 1 aliphatic rings. The zero-order valence-corrected chi connectivity index (χ0v) is 18.2. The molecule has 2 aromatic rings. The number of fused-ring (bicyclic) bond motifs is 1. The third kappa shape index (κ3) is 4.85. The minimum absolute atomic E-state index is 0.0994. The number of ether oxygens (including phenoxy) is 1. The molecule has 1 aliphatic heterocycles. The first-order valence-corrected chi connectivity index (χ1v) is 10.3. The van der Waals surface area contributed by atoms with Crippen LogP contribution >= 0.6 is 0 Å². The van der Waals surface area contributed by atoms with Crippen LogP contribution in [0.5, 0.6) is 5.88 Å². The third-order valence-corrected chi connectivity index (χ3v) is 5.70. The van der Waals surface area contributed by atoms with Crippen LogP contribution in [0, 0.1) is 11.7 Å². The van der Waals surface area contributed by atoms with E-state index in [0.717, 1.165) is 0 Å². The highest BCUT2D eigenvalue weighted by Crippen LogP contribution is 2.31. The predicted octanol–water partition coefficient (Wildman–Crippen LogP) is 2.59. The lowest BCUT2D eigenvalue weighted by molar-refractivity contribution is -0.129. The van der Waals surface area contributed by atoms with Crippen molar-refractivity contribution in [3.8, 4) is 17.0 Å². The van der Waals surface area contributed by atoms with Crippen molar-refractivity contribution in [1.29, 1.82) is 0 Å². The Morgan fingerprint density at radius 2 is 2.10 bits per heavy atom. The van der Waals surface area contributed by atoms with E-state index in [2.05, 4.69) is 4.98 Å². The van der Waals surface area contributed by atoms with Gasteiger partial charge in [0.2, 0.25) is 11.8 Å². The van der Waals surface area contributed by atoms with E-state index in [1.54, 1.807) is 48.0 Å². The molecule has 0 saturated carbocycles. The van der Waals surface area contributed by atoms with E-state index in [9.17, 15) is 19.1 Å². The molecule has 2 heterocycles. The first-order chi connectivity index (χ1) is 14.7. The highest BCUT2D eigenvalue weighted by molar-refractivity contribution is 5.98. The number of amides is 2. The van der Waals surface area contributed by atoms with Crippen LogP contribution in [0.4, 0.5) is 4.39 Å². The minimum atomic E-state index is -0.427. The average Bonchev–Trinajstić information content (AvgIpc) is 2.75. The van der Waals surface area contributed by atoms with Gasteiger partial charge in [0, 0.05) is 43.8 Å². The van der Waals surface area contributed by atoms with Crippen molar-refractivity contribution in [2.45, 2.75) is 32.9 Å². The maximum absolute atomic E-state index is 14.3. The average molecular weight is 429 g/mol. The Morgan fingerprint density at radius 3 is 2.74 bits per heavy atom. The molecule has 0 radical (unpaired) electrons. The third-order valence-electron chi connectivity index (χ3n) is 5.70. The van der Waals surface area contributed by atoms with Gasteiger partial charge in [-0.2, -0.15) is 0 Å². The summed E-state index contributed by atoms with van der Waals surface area (Å²) in [7, 11) is 1.69. The molecule has 8 heteroatoms. The number of nitrogens with zero attached hydrogens (tertiary/aromatic N) is 3. The number of likely N-dealkylation sites (N-methyl/N-ethyl adjacent to an activating group) is 1. The van der Waals surface area contributed by atoms with E-state index in [-0.39, 0.29) is 35.8 Å². The van der Waals surface area contributed by atoms with Crippen molar-refractivity contribution in [2.24, 2.45) is 5.92 Å². The molecule has 0 bridgehead atoms. The maximum Gasteiger partial charge on any atom is 0.259 e. The van der Waals surface area contributed by atoms with Gasteiger partial charge in [-0.1, -0.05) is 25.1 Å². The Morgan fingerprint density at radius 1 is 1.39 bits per heavy atom. The number of aromatic nitrogens is 1. The van der Waals surface area contributed by atoms with Crippen LogP contribution in [0.3, 0.4) is 0 Å². The van der Waals surface area contributed by atoms with E-state index in [1.807, 2.05) is 6.92 Å². The zero-order valence-electron chi connectivity index (χ0n) is 18.2. The Hall–Kier alpha value is -3.00. The highest BCUT2D eigenvalue weighted by atomic mass is 19.1. The van der Waals surface area contributed by atoms with Gasteiger partial charge in [0.1, 0.15) is 17.5 Å². The minimum Gasteiger partial charge on any atom is -0.472 e. The van der Waals surface area contributed by atoms with Gasteiger partial charge in [-0.05, 0) is 19.1 Å². The zero-order chi connectivity index (χ0) is 22.7. The summed E-state index contributed by atoms with van der Waals surface area (Å²) in [4.78, 5) is 32.6. The summed E-state index contributed by atoms with van der Waals surface area (Å²) in [6, 6.07) is 7.42. The van der Waals surface area contributed by atoms with Crippen LogP contribution < -0.4 is 4.74 Å². The van der Waals surface area contributed by atoms with Crippen molar-refractivity contribution in [3.63, 3.8) is 0 Å². The normalized spacial score (nSPS) is 19.7. The van der Waals surface area contributed by atoms with Crippen molar-refractivity contribution < 1.29 is 23.8 Å². The van der Waals surface area contributed by atoms with Crippen LogP contribution in [0.1, 0.15) is 31.1 Å². The Labute approximate surface area is 181 Å². The second-order valence-electron chi connectivity index (χ2n) is 8.08. The van der Waals surface area contributed by atoms with Gasteiger partial charge in [0.05, 0.1) is 19.2 Å². The summed E-state index contributed by atoms with van der Waals surface area (Å²) in [6.07, 6.45) is 1.06. The van der Waals surface area contributed by atoms with Crippen LogP contribution in [0.25, 0.3) is 11.1 Å². The van der Waals surface area contributed by atoms with Crippen LogP contribution in [0.2, 0.25) is 0 Å². The van der Waals surface area contributed by atoms with Gasteiger partial charge in [0.25, 0.3) is 5.91 Å². The van der Waals surface area contributed by atoms with Crippen molar-refractivity contribution >= 4 is 11.8 Å². The molecule has 0 unspecified atom stereocenters. The topological polar surface area (TPSA) is 83.0 Å². The van der Waals surface area contributed by atoms with Crippen LogP contribution in [-0.2, 0) is 4.79 Å². The quantitative estimate of drug-likeness (QED) is 0.790. The van der Waals surface area contributed by atoms with Crippen molar-refractivity contribution in [3.05, 3.63) is 47.9 Å². The SMILES string of the molecule is CC(=O)N(C)C[C@H]1Oc2ncc(-c3ccccc3F)cc2C(=O)N([C@@H](C)CO)C[C@H]1C. The number of benzene rings is 1. The summed E-state index contributed by atoms with van der Waals surface area (Å²) in [6.45, 7) is 5.62. The number of carbonyl (C=O) groups excluding carboxylic acids is 2. The van der Waals surface area contributed by atoms with E-state index >= 15 is 0 Å². The summed E-state index contributed by atoms with van der Waals surface area (Å²) in [5.41, 5.74) is 0.982. The van der Waals surface area contributed by atoms with E-state index in [4.69, 9.17) is 4.74 Å². The number of rotatable bonds is 5. The molecule has 0 aliphatic carbocycles. The molecule has 166 valence electrons. The second-order valence-corrected chi connectivity index (χ2v) is 8.08. The van der Waals surface area contributed by atoms with E-state index in [0.29, 0.717) is 24.2 Å². The molecular weight excluding hydrogens is 401 g/mol. The van der Waals surface area contributed by atoms with E-state index in [1.165, 1.54) is 19.2 Å². The largest absolute Gasteiger partial charge is 0.472 e. The van der Waals surface area contributed by atoms with Gasteiger partial charge in [0.15, 0.2) is 0 Å². The maximum atomic E-state index is 14.3. The van der Waals surface area contributed by atoms with Gasteiger partial charge in [-0.15, -0.1) is 0 Å². The van der Waals surface area contributed by atoms with Crippen molar-refractivity contribution in [2.75, 3.05) is 26.7 Å². The molecule has 7 nitrogen and oxygen atoms in total. The lowest BCUT2D eigenvalue weighted by Gasteiger charge is -2.37. The predicted molar refractivity (Wildman–Crippen MR) is 114 cm³/mol. The first kappa shape index (κ1) is 22.7. The number of aliphatic hydroxyl groups is 1. The number of aliphatic hydroxyl groups excluding tert-OH is 1. The Bertz CT molecular complexity index is 968. The first-order valence-electron chi connectivity index (χ1n) is 10.3. The Kier molecular flexibility index (Phi) is 6.90.